The SMILES string of the molecule is O=C(NCC1COCCO1)c1cc(Br)cnc1C1CC1. The van der Waals surface area contributed by atoms with Crippen LogP contribution in [-0.4, -0.2) is 43.4 Å². The lowest BCUT2D eigenvalue weighted by Crippen LogP contribution is -2.40. The topological polar surface area (TPSA) is 60.5 Å². The van der Waals surface area contributed by atoms with Crippen LogP contribution in [0.2, 0.25) is 0 Å². The third-order valence-electron chi connectivity index (χ3n) is 3.47. The molecule has 0 radical (unpaired) electrons. The summed E-state index contributed by atoms with van der Waals surface area (Å²) in [5, 5.41) is 2.91. The van der Waals surface area contributed by atoms with Crippen LogP contribution in [0.4, 0.5) is 0 Å². The van der Waals surface area contributed by atoms with Crippen molar-refractivity contribution in [1.29, 1.82) is 0 Å². The Morgan fingerprint density at radius 1 is 1.45 bits per heavy atom. The summed E-state index contributed by atoms with van der Waals surface area (Å²) in [6.07, 6.45) is 3.93. The Morgan fingerprint density at radius 3 is 3.00 bits per heavy atom. The van der Waals surface area contributed by atoms with E-state index in [4.69, 9.17) is 9.47 Å². The molecule has 0 aromatic carbocycles. The van der Waals surface area contributed by atoms with E-state index in [2.05, 4.69) is 26.2 Å². The lowest BCUT2D eigenvalue weighted by Gasteiger charge is -2.23. The van der Waals surface area contributed by atoms with Crippen LogP contribution in [0.25, 0.3) is 0 Å². The van der Waals surface area contributed by atoms with Gasteiger partial charge in [0.15, 0.2) is 0 Å². The number of nitrogens with zero attached hydrogens (tertiary/aromatic N) is 1. The van der Waals surface area contributed by atoms with Crippen molar-refractivity contribution in [3.05, 3.63) is 28.0 Å². The molecule has 1 N–H and O–H groups in total. The fraction of sp³-hybridized carbons (Fsp3) is 0.571. The molecule has 1 unspecified atom stereocenters. The van der Waals surface area contributed by atoms with Gasteiger partial charge in [0.05, 0.1) is 37.2 Å². The molecule has 2 heterocycles. The molecule has 0 spiro atoms. The number of aromatic nitrogens is 1. The zero-order valence-corrected chi connectivity index (χ0v) is 12.7. The summed E-state index contributed by atoms with van der Waals surface area (Å²) in [6.45, 7) is 2.22. The molecular formula is C14H17BrN2O3. The Labute approximate surface area is 126 Å². The lowest BCUT2D eigenvalue weighted by atomic mass is 10.1. The maximum Gasteiger partial charge on any atom is 0.253 e. The standard InChI is InChI=1S/C14H17BrN2O3/c15-10-5-12(13(16-6-10)9-1-2-9)14(18)17-7-11-8-19-3-4-20-11/h5-6,9,11H,1-4,7-8H2,(H,17,18). The lowest BCUT2D eigenvalue weighted by molar-refractivity contribution is -0.0855. The number of ether oxygens (including phenoxy) is 2. The van der Waals surface area contributed by atoms with Crippen LogP contribution in [-0.2, 0) is 9.47 Å². The largest absolute Gasteiger partial charge is 0.376 e. The molecule has 3 rings (SSSR count). The van der Waals surface area contributed by atoms with Crippen LogP contribution in [0.1, 0.15) is 34.8 Å². The van der Waals surface area contributed by atoms with E-state index >= 15 is 0 Å². The van der Waals surface area contributed by atoms with Gasteiger partial charge in [-0.15, -0.1) is 0 Å². The zero-order valence-electron chi connectivity index (χ0n) is 11.1. The van der Waals surface area contributed by atoms with Crippen molar-refractivity contribution >= 4 is 21.8 Å². The van der Waals surface area contributed by atoms with Gasteiger partial charge in [-0.2, -0.15) is 0 Å². The van der Waals surface area contributed by atoms with Gasteiger partial charge in [-0.1, -0.05) is 0 Å². The number of halogens is 1. The molecule has 1 aromatic heterocycles. The van der Waals surface area contributed by atoms with Crippen LogP contribution in [0.3, 0.4) is 0 Å². The molecule has 2 fully saturated rings. The predicted molar refractivity (Wildman–Crippen MR) is 76.8 cm³/mol. The first-order valence-corrected chi connectivity index (χ1v) is 7.66. The first-order valence-electron chi connectivity index (χ1n) is 6.87. The summed E-state index contributed by atoms with van der Waals surface area (Å²) >= 11 is 3.37. The van der Waals surface area contributed by atoms with Gasteiger partial charge < -0.3 is 14.8 Å². The molecule has 2 aliphatic rings. The molecule has 0 bridgehead atoms. The highest BCUT2D eigenvalue weighted by atomic mass is 79.9. The fourth-order valence-corrected chi connectivity index (χ4v) is 2.60. The van der Waals surface area contributed by atoms with Crippen LogP contribution in [0.5, 0.6) is 0 Å². The van der Waals surface area contributed by atoms with Crippen molar-refractivity contribution in [2.24, 2.45) is 0 Å². The summed E-state index contributed by atoms with van der Waals surface area (Å²) in [6, 6.07) is 1.84. The van der Waals surface area contributed by atoms with Gasteiger partial charge in [-0.3, -0.25) is 9.78 Å². The number of carbonyl (C=O) groups is 1. The number of rotatable bonds is 4. The van der Waals surface area contributed by atoms with Crippen molar-refractivity contribution in [3.63, 3.8) is 0 Å². The number of nitrogens with one attached hydrogen (secondary N) is 1. The first kappa shape index (κ1) is 14.0. The molecule has 1 aromatic rings. The predicted octanol–water partition coefficient (Wildman–Crippen LogP) is 1.87. The maximum absolute atomic E-state index is 12.3. The average molecular weight is 341 g/mol. The summed E-state index contributed by atoms with van der Waals surface area (Å²) in [5.74, 6) is 0.355. The van der Waals surface area contributed by atoms with Crippen LogP contribution < -0.4 is 5.32 Å². The molecule has 1 aliphatic carbocycles. The van der Waals surface area contributed by atoms with E-state index in [1.165, 1.54) is 0 Å². The van der Waals surface area contributed by atoms with Crippen LogP contribution in [0, 0.1) is 0 Å². The molecule has 5 nitrogen and oxygen atoms in total. The van der Waals surface area contributed by atoms with Crippen molar-refractivity contribution in [2.45, 2.75) is 24.9 Å². The van der Waals surface area contributed by atoms with E-state index in [1.54, 1.807) is 6.20 Å². The summed E-state index contributed by atoms with van der Waals surface area (Å²) in [7, 11) is 0. The molecule has 1 saturated carbocycles. The smallest absolute Gasteiger partial charge is 0.253 e. The number of carbonyl (C=O) groups excluding carboxylic acids is 1. The Kier molecular flexibility index (Phi) is 4.33. The van der Waals surface area contributed by atoms with Crippen molar-refractivity contribution in [2.75, 3.05) is 26.4 Å². The van der Waals surface area contributed by atoms with Crippen molar-refractivity contribution in [1.82, 2.24) is 10.3 Å². The van der Waals surface area contributed by atoms with Gasteiger partial charge in [-0.25, -0.2) is 0 Å². The zero-order chi connectivity index (χ0) is 13.9. The third-order valence-corrected chi connectivity index (χ3v) is 3.90. The van der Waals surface area contributed by atoms with Crippen LogP contribution in [0.15, 0.2) is 16.7 Å². The molecule has 1 saturated heterocycles. The number of hydrogen-bond donors (Lipinski definition) is 1. The van der Waals surface area contributed by atoms with E-state index in [1.807, 2.05) is 6.07 Å². The van der Waals surface area contributed by atoms with E-state index in [0.717, 1.165) is 23.0 Å². The van der Waals surface area contributed by atoms with Gasteiger partial charge >= 0.3 is 0 Å². The van der Waals surface area contributed by atoms with E-state index in [0.29, 0.717) is 37.8 Å². The van der Waals surface area contributed by atoms with Gasteiger partial charge in [0.2, 0.25) is 0 Å². The van der Waals surface area contributed by atoms with Crippen molar-refractivity contribution < 1.29 is 14.3 Å². The molecule has 1 amide bonds. The second-order valence-electron chi connectivity index (χ2n) is 5.14. The summed E-state index contributed by atoms with van der Waals surface area (Å²) in [5.41, 5.74) is 1.57. The highest BCUT2D eigenvalue weighted by Crippen LogP contribution is 2.40. The Hall–Kier alpha value is -0.980. The Bertz CT molecular complexity index is 499. The van der Waals surface area contributed by atoms with Crippen LogP contribution >= 0.6 is 15.9 Å². The summed E-state index contributed by atoms with van der Waals surface area (Å²) in [4.78, 5) is 16.7. The second kappa shape index (κ2) is 6.20. The minimum absolute atomic E-state index is 0.0582. The number of hydrogen-bond acceptors (Lipinski definition) is 4. The van der Waals surface area contributed by atoms with Gasteiger partial charge in [0.25, 0.3) is 5.91 Å². The highest BCUT2D eigenvalue weighted by molar-refractivity contribution is 9.10. The summed E-state index contributed by atoms with van der Waals surface area (Å²) < 4.78 is 11.7. The Morgan fingerprint density at radius 2 is 2.30 bits per heavy atom. The second-order valence-corrected chi connectivity index (χ2v) is 6.05. The first-order chi connectivity index (χ1) is 9.74. The third kappa shape index (κ3) is 3.37. The van der Waals surface area contributed by atoms with Gasteiger partial charge in [0.1, 0.15) is 0 Å². The Balaban J connectivity index is 1.65. The number of pyridine rings is 1. The average Bonchev–Trinajstić information content (AvgIpc) is 3.30. The normalized spacial score (nSPS) is 22.6. The van der Waals surface area contributed by atoms with E-state index < -0.39 is 0 Å². The van der Waals surface area contributed by atoms with E-state index in [9.17, 15) is 4.79 Å². The highest BCUT2D eigenvalue weighted by Gasteiger charge is 2.30. The molecule has 1 aliphatic heterocycles. The number of amides is 1. The monoisotopic (exact) mass is 340 g/mol. The molecule has 6 heteroatoms. The molecular weight excluding hydrogens is 324 g/mol. The molecule has 108 valence electrons. The van der Waals surface area contributed by atoms with Crippen molar-refractivity contribution in [3.8, 4) is 0 Å². The molecule has 20 heavy (non-hydrogen) atoms. The minimum Gasteiger partial charge on any atom is -0.376 e. The van der Waals surface area contributed by atoms with E-state index in [-0.39, 0.29) is 12.0 Å². The molecule has 1 atom stereocenters. The maximum atomic E-state index is 12.3. The van der Waals surface area contributed by atoms with Gasteiger partial charge in [-0.05, 0) is 34.8 Å². The fourth-order valence-electron chi connectivity index (χ4n) is 2.27. The minimum atomic E-state index is -0.0881. The quantitative estimate of drug-likeness (QED) is 0.908. The van der Waals surface area contributed by atoms with Gasteiger partial charge in [0, 0.05) is 23.1 Å².